The molecule has 0 aliphatic heterocycles. The van der Waals surface area contributed by atoms with Crippen molar-refractivity contribution in [3.05, 3.63) is 74.3 Å². The Bertz CT molecular complexity index is 1060. The van der Waals surface area contributed by atoms with Crippen molar-refractivity contribution in [2.45, 2.75) is 25.2 Å². The molecule has 1 unspecified atom stereocenters. The van der Waals surface area contributed by atoms with E-state index in [9.17, 15) is 40.3 Å². The second-order valence-electron chi connectivity index (χ2n) is 6.37. The molecule has 0 amide bonds. The highest BCUT2D eigenvalue weighted by molar-refractivity contribution is 6.43. The fraction of sp³-hybridized carbons (Fsp3) is 0.200. The number of hydrogen-bond acceptors (Lipinski definition) is 2. The highest BCUT2D eigenvalue weighted by Crippen LogP contribution is 2.41. The van der Waals surface area contributed by atoms with Crippen LogP contribution in [-0.4, -0.2) is 18.2 Å². The number of benzene rings is 2. The van der Waals surface area contributed by atoms with Gasteiger partial charge in [-0.2, -0.15) is 26.3 Å². The predicted molar refractivity (Wildman–Crippen MR) is 101 cm³/mol. The number of rotatable bonds is 5. The van der Waals surface area contributed by atoms with E-state index in [-0.39, 0.29) is 29.0 Å². The number of allylic oxidation sites excluding steroid dienone is 1. The van der Waals surface area contributed by atoms with Crippen LogP contribution in [0.5, 0.6) is 0 Å². The number of alkyl halides is 6. The minimum absolute atomic E-state index is 0.0527. The van der Waals surface area contributed by atoms with E-state index in [4.69, 9.17) is 23.2 Å². The van der Waals surface area contributed by atoms with Crippen molar-refractivity contribution < 1.29 is 40.3 Å². The van der Waals surface area contributed by atoms with Gasteiger partial charge in [-0.3, -0.25) is 9.59 Å². The van der Waals surface area contributed by atoms with Crippen LogP contribution in [0.25, 0.3) is 5.83 Å². The molecule has 11 heteroatoms. The van der Waals surface area contributed by atoms with Gasteiger partial charge >= 0.3 is 12.4 Å². The quantitative estimate of drug-likeness (QED) is 0.246. The standard InChI is InChI=1S/C20H11Cl2F7O2/c1-9(31)13-3-2-10(5-15(13)20(27,28)29)17(23)7-14(19(24,25)26)11-4-12(8-30)18(22)16(21)6-11/h2-8,14H,1H3/b17-7-. The lowest BCUT2D eigenvalue weighted by atomic mass is 9.94. The second-order valence-corrected chi connectivity index (χ2v) is 7.16. The van der Waals surface area contributed by atoms with Gasteiger partial charge in [-0.05, 0) is 36.8 Å². The lowest BCUT2D eigenvalue weighted by Crippen LogP contribution is -2.19. The molecule has 2 nitrogen and oxygen atoms in total. The first-order chi connectivity index (χ1) is 14.2. The number of aldehydes is 1. The number of carbonyl (C=O) groups is 2. The van der Waals surface area contributed by atoms with Gasteiger partial charge < -0.3 is 0 Å². The third-order valence-corrected chi connectivity index (χ3v) is 5.03. The molecule has 2 aromatic rings. The van der Waals surface area contributed by atoms with Crippen LogP contribution in [0.3, 0.4) is 0 Å². The molecule has 1 atom stereocenters. The molecule has 31 heavy (non-hydrogen) atoms. The largest absolute Gasteiger partial charge is 0.417 e. The first-order valence-electron chi connectivity index (χ1n) is 8.27. The maximum Gasteiger partial charge on any atom is 0.417 e. The molecule has 0 aliphatic rings. The summed E-state index contributed by atoms with van der Waals surface area (Å²) in [6.07, 6.45) is -9.91. The lowest BCUT2D eigenvalue weighted by molar-refractivity contribution is -0.140. The molecule has 0 fully saturated rings. The summed E-state index contributed by atoms with van der Waals surface area (Å²) in [7, 11) is 0. The molecule has 166 valence electrons. The maximum atomic E-state index is 14.6. The van der Waals surface area contributed by atoms with E-state index in [2.05, 4.69) is 0 Å². The average molecular weight is 487 g/mol. The van der Waals surface area contributed by atoms with Crippen molar-refractivity contribution >= 4 is 41.1 Å². The van der Waals surface area contributed by atoms with Crippen LogP contribution in [0.1, 0.15) is 50.2 Å². The molecule has 0 saturated heterocycles. The van der Waals surface area contributed by atoms with Crippen molar-refractivity contribution in [1.29, 1.82) is 0 Å². The smallest absolute Gasteiger partial charge is 0.298 e. The summed E-state index contributed by atoms with van der Waals surface area (Å²) < 4.78 is 95.0. The molecule has 0 bridgehead atoms. The van der Waals surface area contributed by atoms with Crippen molar-refractivity contribution in [2.75, 3.05) is 0 Å². The van der Waals surface area contributed by atoms with Gasteiger partial charge in [-0.25, -0.2) is 4.39 Å². The molecular formula is C20H11Cl2F7O2. The third kappa shape index (κ3) is 5.65. The number of halogens is 9. The Balaban J connectivity index is 2.65. The molecule has 0 saturated carbocycles. The number of ketones is 1. The topological polar surface area (TPSA) is 34.1 Å². The summed E-state index contributed by atoms with van der Waals surface area (Å²) in [6.45, 7) is 0.866. The minimum Gasteiger partial charge on any atom is -0.298 e. The van der Waals surface area contributed by atoms with Crippen LogP contribution in [-0.2, 0) is 6.18 Å². The van der Waals surface area contributed by atoms with Gasteiger partial charge in [-0.1, -0.05) is 35.3 Å². The molecule has 2 aromatic carbocycles. The zero-order valence-corrected chi connectivity index (χ0v) is 16.8. The number of carbonyl (C=O) groups excluding carboxylic acids is 2. The summed E-state index contributed by atoms with van der Waals surface area (Å²) in [5.74, 6) is -5.22. The van der Waals surface area contributed by atoms with E-state index in [1.54, 1.807) is 0 Å². The Hall–Kier alpha value is -2.39. The molecule has 0 heterocycles. The summed E-state index contributed by atoms with van der Waals surface area (Å²) >= 11 is 11.5. The first-order valence-corrected chi connectivity index (χ1v) is 9.03. The van der Waals surface area contributed by atoms with E-state index in [1.165, 1.54) is 0 Å². The maximum absolute atomic E-state index is 14.6. The summed E-state index contributed by atoms with van der Waals surface area (Å²) in [5.41, 5.74) is -4.07. The molecule has 0 spiro atoms. The lowest BCUT2D eigenvalue weighted by Gasteiger charge is -2.19. The van der Waals surface area contributed by atoms with E-state index in [0.717, 1.165) is 25.1 Å². The molecular weight excluding hydrogens is 476 g/mol. The number of Topliss-reactive ketones (excluding diaryl/α,β-unsaturated/α-hetero) is 1. The summed E-state index contributed by atoms with van der Waals surface area (Å²) in [6, 6.07) is 3.22. The van der Waals surface area contributed by atoms with Crippen LogP contribution in [0.4, 0.5) is 30.7 Å². The Morgan fingerprint density at radius 2 is 1.65 bits per heavy atom. The van der Waals surface area contributed by atoms with E-state index >= 15 is 0 Å². The predicted octanol–water partition coefficient (Wildman–Crippen LogP) is 7.68. The second kappa shape index (κ2) is 9.00. The molecule has 2 rings (SSSR count). The van der Waals surface area contributed by atoms with Crippen molar-refractivity contribution in [3.8, 4) is 0 Å². The molecule has 0 N–H and O–H groups in total. The van der Waals surface area contributed by atoms with Crippen LogP contribution < -0.4 is 0 Å². The first kappa shape index (κ1) is 24.9. The zero-order chi connectivity index (χ0) is 23.7. The Kier molecular flexibility index (Phi) is 7.22. The molecule has 0 aliphatic carbocycles. The van der Waals surface area contributed by atoms with Crippen molar-refractivity contribution in [2.24, 2.45) is 0 Å². The van der Waals surface area contributed by atoms with Crippen LogP contribution in [0.2, 0.25) is 10.0 Å². The van der Waals surface area contributed by atoms with Gasteiger partial charge in [0, 0.05) is 16.7 Å². The normalized spacial score (nSPS) is 13.8. The van der Waals surface area contributed by atoms with Gasteiger partial charge in [0.2, 0.25) is 0 Å². The van der Waals surface area contributed by atoms with Crippen LogP contribution >= 0.6 is 23.2 Å². The Labute approximate surface area is 181 Å². The SMILES string of the molecule is CC(=O)c1ccc(/C(F)=C/C(c2cc(Cl)c(Cl)c(C=O)c2)C(F)(F)F)cc1C(F)(F)F. The van der Waals surface area contributed by atoms with Gasteiger partial charge in [0.1, 0.15) is 11.7 Å². The monoisotopic (exact) mass is 486 g/mol. The fourth-order valence-corrected chi connectivity index (χ4v) is 3.14. The van der Waals surface area contributed by atoms with Crippen LogP contribution in [0.15, 0.2) is 36.4 Å². The Morgan fingerprint density at radius 1 is 1.03 bits per heavy atom. The van der Waals surface area contributed by atoms with Crippen molar-refractivity contribution in [1.82, 2.24) is 0 Å². The van der Waals surface area contributed by atoms with Gasteiger partial charge in [-0.15, -0.1) is 0 Å². The van der Waals surface area contributed by atoms with Gasteiger partial charge in [0.25, 0.3) is 0 Å². The average Bonchev–Trinajstić information content (AvgIpc) is 2.65. The highest BCUT2D eigenvalue weighted by Gasteiger charge is 2.41. The van der Waals surface area contributed by atoms with Gasteiger partial charge in [0.05, 0.1) is 15.6 Å². The minimum atomic E-state index is -5.08. The van der Waals surface area contributed by atoms with Crippen LogP contribution in [0, 0.1) is 0 Å². The summed E-state index contributed by atoms with van der Waals surface area (Å²) in [4.78, 5) is 22.4. The van der Waals surface area contributed by atoms with E-state index < -0.39 is 57.2 Å². The third-order valence-electron chi connectivity index (χ3n) is 4.21. The molecule has 0 aromatic heterocycles. The van der Waals surface area contributed by atoms with E-state index in [1.807, 2.05) is 0 Å². The Morgan fingerprint density at radius 3 is 2.13 bits per heavy atom. The molecule has 0 radical (unpaired) electrons. The van der Waals surface area contributed by atoms with E-state index in [0.29, 0.717) is 6.07 Å². The zero-order valence-electron chi connectivity index (χ0n) is 15.3. The highest BCUT2D eigenvalue weighted by atomic mass is 35.5. The fourth-order valence-electron chi connectivity index (χ4n) is 2.75. The van der Waals surface area contributed by atoms with Gasteiger partial charge in [0.15, 0.2) is 12.1 Å². The van der Waals surface area contributed by atoms with Crippen molar-refractivity contribution in [3.63, 3.8) is 0 Å². The summed E-state index contributed by atoms with van der Waals surface area (Å²) in [5, 5.41) is -0.699. The number of hydrogen-bond donors (Lipinski definition) is 0.